The number of para-hydroxylation sites is 1. The van der Waals surface area contributed by atoms with E-state index in [0.717, 1.165) is 4.90 Å². The number of hydrogen-bond donors (Lipinski definition) is 1. The van der Waals surface area contributed by atoms with Gasteiger partial charge in [-0.15, -0.1) is 0 Å². The van der Waals surface area contributed by atoms with E-state index in [1.54, 1.807) is 42.5 Å². The summed E-state index contributed by atoms with van der Waals surface area (Å²) < 4.78 is 29.3. The van der Waals surface area contributed by atoms with E-state index >= 15 is 0 Å². The summed E-state index contributed by atoms with van der Waals surface area (Å²) in [5, 5.41) is 2.58. The average molecular weight is 431 g/mol. The maximum absolute atomic E-state index is 13.2. The zero-order valence-corrected chi connectivity index (χ0v) is 17.1. The molecule has 1 aromatic heterocycles. The second-order valence-electron chi connectivity index (χ2n) is 7.58. The topological polar surface area (TPSA) is 117 Å². The number of carbonyl (C=O) groups excluding carboxylic acids is 3. The zero-order chi connectivity index (χ0) is 21.5. The molecule has 3 heterocycles. The Kier molecular flexibility index (Phi) is 4.89. The summed E-state index contributed by atoms with van der Waals surface area (Å²) in [7, 11) is -3.25. The van der Waals surface area contributed by atoms with Gasteiger partial charge < -0.3 is 14.6 Å². The number of rotatable bonds is 5. The lowest BCUT2D eigenvalue weighted by atomic mass is 9.99. The van der Waals surface area contributed by atoms with Gasteiger partial charge >= 0.3 is 6.03 Å². The van der Waals surface area contributed by atoms with Gasteiger partial charge in [-0.2, -0.15) is 0 Å². The monoisotopic (exact) mass is 431 g/mol. The van der Waals surface area contributed by atoms with Gasteiger partial charge in [-0.25, -0.2) is 13.2 Å². The molecule has 4 rings (SSSR count). The number of amides is 4. The van der Waals surface area contributed by atoms with E-state index in [1.807, 2.05) is 0 Å². The Morgan fingerprint density at radius 2 is 1.97 bits per heavy atom. The number of nitrogens with zero attached hydrogens (tertiary/aromatic N) is 2. The third kappa shape index (κ3) is 3.47. The number of imide groups is 1. The molecule has 0 radical (unpaired) electrons. The molecule has 2 fully saturated rings. The molecule has 0 aliphatic carbocycles. The van der Waals surface area contributed by atoms with Gasteiger partial charge in [0, 0.05) is 5.69 Å². The van der Waals surface area contributed by atoms with Crippen LogP contribution in [0.5, 0.6) is 0 Å². The molecule has 2 saturated heterocycles. The van der Waals surface area contributed by atoms with Gasteiger partial charge in [0.25, 0.3) is 5.91 Å². The van der Waals surface area contributed by atoms with Gasteiger partial charge in [-0.1, -0.05) is 18.2 Å². The second kappa shape index (κ2) is 7.28. The van der Waals surface area contributed by atoms with Crippen molar-refractivity contribution >= 4 is 33.4 Å². The van der Waals surface area contributed by atoms with Crippen LogP contribution in [-0.2, 0) is 25.0 Å². The van der Waals surface area contributed by atoms with Crippen LogP contribution in [-0.4, -0.2) is 55.3 Å². The smallest absolute Gasteiger partial charge is 0.325 e. The van der Waals surface area contributed by atoms with Crippen LogP contribution in [0, 0.1) is 0 Å². The Morgan fingerprint density at radius 3 is 2.57 bits per heavy atom. The van der Waals surface area contributed by atoms with Gasteiger partial charge in [0.2, 0.25) is 5.91 Å². The number of sulfone groups is 1. The Bertz CT molecular complexity index is 1080. The Morgan fingerprint density at radius 1 is 1.23 bits per heavy atom. The largest absolute Gasteiger partial charge is 0.466 e. The summed E-state index contributed by atoms with van der Waals surface area (Å²) in [6.07, 6.45) is 1.69. The van der Waals surface area contributed by atoms with E-state index in [-0.39, 0.29) is 17.3 Å². The maximum Gasteiger partial charge on any atom is 0.325 e. The minimum atomic E-state index is -3.25. The molecule has 0 unspecified atom stereocenters. The van der Waals surface area contributed by atoms with Gasteiger partial charge in [-0.3, -0.25) is 14.5 Å². The molecule has 2 aromatic rings. The highest BCUT2D eigenvalue weighted by Crippen LogP contribution is 2.30. The van der Waals surface area contributed by atoms with Crippen molar-refractivity contribution in [3.8, 4) is 0 Å². The minimum Gasteiger partial charge on any atom is -0.466 e. The fourth-order valence-corrected chi connectivity index (χ4v) is 5.61. The first-order chi connectivity index (χ1) is 14.2. The number of benzene rings is 1. The van der Waals surface area contributed by atoms with Crippen molar-refractivity contribution in [3.63, 3.8) is 0 Å². The number of urea groups is 1. The van der Waals surface area contributed by atoms with Gasteiger partial charge in [0.1, 0.15) is 12.3 Å². The Labute approximate surface area is 173 Å². The minimum absolute atomic E-state index is 0.00598. The van der Waals surface area contributed by atoms with Crippen molar-refractivity contribution in [3.05, 3.63) is 54.5 Å². The summed E-state index contributed by atoms with van der Waals surface area (Å²) in [4.78, 5) is 40.9. The standard InChI is InChI=1S/C20H21N3O6S/c1-20(16-8-5-10-29-16)18(25)22(19(26)21-20)12-17(24)23(14-6-3-2-4-7-14)15-9-11-30(27,28)13-15/h2-8,10,15H,9,11-13H2,1H3,(H,21,26)/t15-,20+/m1/s1. The molecule has 0 spiro atoms. The van der Waals surface area contributed by atoms with Crippen molar-refractivity contribution in [1.29, 1.82) is 0 Å². The van der Waals surface area contributed by atoms with E-state index in [0.29, 0.717) is 12.1 Å². The van der Waals surface area contributed by atoms with Crippen LogP contribution in [0.15, 0.2) is 53.1 Å². The Hall–Kier alpha value is -3.14. The van der Waals surface area contributed by atoms with Crippen LogP contribution in [0.4, 0.5) is 10.5 Å². The third-order valence-corrected chi connectivity index (χ3v) is 7.21. The summed E-state index contributed by atoms with van der Waals surface area (Å²) >= 11 is 0. The van der Waals surface area contributed by atoms with Crippen molar-refractivity contribution < 1.29 is 27.2 Å². The van der Waals surface area contributed by atoms with Crippen LogP contribution in [0.2, 0.25) is 0 Å². The van der Waals surface area contributed by atoms with Crippen molar-refractivity contribution in [2.75, 3.05) is 23.0 Å². The summed E-state index contributed by atoms with van der Waals surface area (Å²) in [5.74, 6) is -1.04. The van der Waals surface area contributed by atoms with Crippen molar-refractivity contribution in [1.82, 2.24) is 10.2 Å². The molecule has 30 heavy (non-hydrogen) atoms. The lowest BCUT2D eigenvalue weighted by molar-refractivity contribution is -0.134. The molecule has 2 aliphatic rings. The van der Waals surface area contributed by atoms with E-state index < -0.39 is 45.8 Å². The average Bonchev–Trinajstić information content (AvgIpc) is 3.40. The molecule has 1 N–H and O–H groups in total. The van der Waals surface area contributed by atoms with Crippen molar-refractivity contribution in [2.45, 2.75) is 24.9 Å². The molecule has 2 atom stereocenters. The van der Waals surface area contributed by atoms with Crippen LogP contribution in [0.3, 0.4) is 0 Å². The zero-order valence-electron chi connectivity index (χ0n) is 16.3. The van der Waals surface area contributed by atoms with Crippen LogP contribution in [0.25, 0.3) is 0 Å². The fourth-order valence-electron chi connectivity index (χ4n) is 3.91. The first kappa shape index (κ1) is 20.1. The molecule has 158 valence electrons. The first-order valence-electron chi connectivity index (χ1n) is 9.47. The molecular formula is C20H21N3O6S. The molecule has 1 aromatic carbocycles. The maximum atomic E-state index is 13.2. The number of furan rings is 1. The van der Waals surface area contributed by atoms with E-state index in [9.17, 15) is 22.8 Å². The number of carbonyl (C=O) groups is 3. The molecule has 0 bridgehead atoms. The quantitative estimate of drug-likeness (QED) is 0.713. The van der Waals surface area contributed by atoms with Crippen LogP contribution < -0.4 is 10.2 Å². The number of anilines is 1. The summed E-state index contributed by atoms with van der Waals surface area (Å²) in [5.41, 5.74) is -0.889. The normalized spacial score (nSPS) is 25.4. The predicted octanol–water partition coefficient (Wildman–Crippen LogP) is 1.27. The third-order valence-electron chi connectivity index (χ3n) is 5.46. The lowest BCUT2D eigenvalue weighted by Gasteiger charge is -2.29. The van der Waals surface area contributed by atoms with Crippen molar-refractivity contribution in [2.24, 2.45) is 0 Å². The van der Waals surface area contributed by atoms with E-state index in [2.05, 4.69) is 5.32 Å². The van der Waals surface area contributed by atoms with E-state index in [4.69, 9.17) is 4.42 Å². The number of nitrogens with one attached hydrogen (secondary N) is 1. The van der Waals surface area contributed by atoms with Crippen LogP contribution >= 0.6 is 0 Å². The second-order valence-corrected chi connectivity index (χ2v) is 9.81. The molecule has 9 nitrogen and oxygen atoms in total. The molecule has 4 amide bonds. The first-order valence-corrected chi connectivity index (χ1v) is 11.3. The van der Waals surface area contributed by atoms with Gasteiger partial charge in [0.05, 0.1) is 23.8 Å². The highest BCUT2D eigenvalue weighted by molar-refractivity contribution is 7.91. The number of hydrogen-bond acceptors (Lipinski definition) is 6. The van der Waals surface area contributed by atoms with E-state index in [1.165, 1.54) is 18.1 Å². The Balaban J connectivity index is 1.60. The highest BCUT2D eigenvalue weighted by atomic mass is 32.2. The van der Waals surface area contributed by atoms with Gasteiger partial charge in [0.15, 0.2) is 15.4 Å². The van der Waals surface area contributed by atoms with Gasteiger partial charge in [-0.05, 0) is 37.6 Å². The predicted molar refractivity (Wildman–Crippen MR) is 107 cm³/mol. The molecule has 10 heteroatoms. The fraction of sp³-hybridized carbons (Fsp3) is 0.350. The molecular weight excluding hydrogens is 410 g/mol. The summed E-state index contributed by atoms with van der Waals surface area (Å²) in [6.45, 7) is 1.00. The van der Waals surface area contributed by atoms with Crippen LogP contribution in [0.1, 0.15) is 19.1 Å². The highest BCUT2D eigenvalue weighted by Gasteiger charge is 2.52. The SMILES string of the molecule is C[C@@]1(c2ccco2)NC(=O)N(CC(=O)N(c2ccccc2)[C@@H]2CCS(=O)(=O)C2)C1=O. The molecule has 2 aliphatic heterocycles. The molecule has 0 saturated carbocycles. The summed E-state index contributed by atoms with van der Waals surface area (Å²) in [6, 6.07) is 10.6. The lowest BCUT2D eigenvalue weighted by Crippen LogP contribution is -2.48.